The Bertz CT molecular complexity index is 1280. The van der Waals surface area contributed by atoms with Gasteiger partial charge >= 0.3 is 23.5 Å². The largest absolute Gasteiger partial charge is 0.476 e. The first kappa shape index (κ1) is 31.4. The number of benzene rings is 1. The van der Waals surface area contributed by atoms with Gasteiger partial charge in [0.05, 0.1) is 18.5 Å². The molecule has 220 valence electrons. The van der Waals surface area contributed by atoms with Gasteiger partial charge in [0.1, 0.15) is 11.3 Å². The Morgan fingerprint density at radius 3 is 2.12 bits per heavy atom. The van der Waals surface area contributed by atoms with Crippen LogP contribution >= 0.6 is 11.8 Å². The number of hydrogen-bond donors (Lipinski definition) is 0. The molecule has 0 aliphatic carbocycles. The van der Waals surface area contributed by atoms with E-state index in [2.05, 4.69) is 0 Å². The summed E-state index contributed by atoms with van der Waals surface area (Å²) in [5.41, 5.74) is -1.02. The van der Waals surface area contributed by atoms with E-state index < -0.39 is 52.7 Å². The van der Waals surface area contributed by atoms with E-state index >= 15 is 0 Å². The van der Waals surface area contributed by atoms with Crippen molar-refractivity contribution in [2.75, 3.05) is 47.0 Å². The van der Waals surface area contributed by atoms with Crippen LogP contribution in [-0.4, -0.2) is 98.5 Å². The van der Waals surface area contributed by atoms with Crippen molar-refractivity contribution in [2.45, 2.75) is 51.4 Å². The number of nitrogens with zero attached hydrogens (tertiary/aromatic N) is 2. The Morgan fingerprint density at radius 2 is 1.55 bits per heavy atom. The Balaban J connectivity index is 1.98. The van der Waals surface area contributed by atoms with Gasteiger partial charge in [-0.1, -0.05) is 0 Å². The first-order valence-corrected chi connectivity index (χ1v) is 13.9. The van der Waals surface area contributed by atoms with Gasteiger partial charge in [0.2, 0.25) is 0 Å². The van der Waals surface area contributed by atoms with Crippen LogP contribution in [0, 0.1) is 12.3 Å². The fraction of sp³-hybridized carbons (Fsp3) is 0.571. The monoisotopic (exact) mass is 578 g/mol. The maximum Gasteiger partial charge on any atom is 0.336 e. The summed E-state index contributed by atoms with van der Waals surface area (Å²) in [6.45, 7) is 6.91. The average Bonchev–Trinajstić information content (AvgIpc) is 2.80. The number of hydrogen-bond acceptors (Lipinski definition) is 12. The summed E-state index contributed by atoms with van der Waals surface area (Å²) in [6.07, 6.45) is -3.14. The van der Waals surface area contributed by atoms with Crippen LogP contribution in [0.5, 0.6) is 5.75 Å². The number of aryl methyl sites for hydroxylation is 1. The Kier molecular flexibility index (Phi) is 10.3. The van der Waals surface area contributed by atoms with Crippen LogP contribution in [0.2, 0.25) is 0 Å². The summed E-state index contributed by atoms with van der Waals surface area (Å²) in [4.78, 5) is 53.6. The second-order valence-electron chi connectivity index (χ2n) is 11.3. The minimum atomic E-state index is -1.13. The van der Waals surface area contributed by atoms with Gasteiger partial charge in [-0.3, -0.25) is 24.2 Å². The molecule has 0 N–H and O–H groups in total. The number of carbonyl (C=O) groups is 3. The van der Waals surface area contributed by atoms with Gasteiger partial charge in [0.25, 0.3) is 0 Å². The molecule has 0 unspecified atom stereocenters. The smallest absolute Gasteiger partial charge is 0.336 e. The summed E-state index contributed by atoms with van der Waals surface area (Å²) in [5, 5.41) is 0.752. The molecule has 12 heteroatoms. The van der Waals surface area contributed by atoms with Gasteiger partial charge in [-0.25, -0.2) is 4.79 Å². The third-order valence-electron chi connectivity index (χ3n) is 5.85. The van der Waals surface area contributed by atoms with Crippen LogP contribution < -0.4 is 10.4 Å². The maximum atomic E-state index is 12.8. The zero-order valence-electron chi connectivity index (χ0n) is 24.2. The predicted octanol–water partition coefficient (Wildman–Crippen LogP) is 2.46. The first-order valence-electron chi connectivity index (χ1n) is 12.9. The number of likely N-dealkylation sites (N-methyl/N-ethyl adjacent to an activating group) is 2. The van der Waals surface area contributed by atoms with Crippen molar-refractivity contribution in [3.63, 3.8) is 0 Å². The summed E-state index contributed by atoms with van der Waals surface area (Å²) in [7, 11) is 6.88. The molecule has 40 heavy (non-hydrogen) atoms. The lowest BCUT2D eigenvalue weighted by atomic mass is 9.97. The highest BCUT2D eigenvalue weighted by molar-refractivity contribution is 7.99. The van der Waals surface area contributed by atoms with Crippen molar-refractivity contribution in [3.05, 3.63) is 40.2 Å². The SMILES string of the molecule is Cc1cc(=O)oc2cc(O[C@H]3SC[C@@H](OC(=O)C(C)(C)C)[C@H](OC(=O)CN(C)C)[C@H]3OC(=O)CN(C)C)ccc12. The molecular weight excluding hydrogens is 540 g/mol. The zero-order chi connectivity index (χ0) is 29.8. The topological polar surface area (TPSA) is 125 Å². The van der Waals surface area contributed by atoms with Crippen LogP contribution in [0.3, 0.4) is 0 Å². The third kappa shape index (κ3) is 8.45. The van der Waals surface area contributed by atoms with Gasteiger partial charge < -0.3 is 23.4 Å². The summed E-state index contributed by atoms with van der Waals surface area (Å²) in [6, 6.07) is 6.48. The molecule has 1 aliphatic rings. The van der Waals surface area contributed by atoms with Crippen LogP contribution in [0.25, 0.3) is 11.0 Å². The fourth-order valence-corrected chi connectivity index (χ4v) is 5.15. The van der Waals surface area contributed by atoms with Crippen molar-refractivity contribution in [1.82, 2.24) is 9.80 Å². The lowest BCUT2D eigenvalue weighted by molar-refractivity contribution is -0.192. The van der Waals surface area contributed by atoms with Gasteiger partial charge in [0, 0.05) is 23.3 Å². The number of carbonyl (C=O) groups excluding carboxylic acids is 3. The molecule has 11 nitrogen and oxygen atoms in total. The molecule has 1 saturated heterocycles. The van der Waals surface area contributed by atoms with E-state index in [4.69, 9.17) is 23.4 Å². The third-order valence-corrected chi connectivity index (χ3v) is 7.07. The molecule has 1 fully saturated rings. The summed E-state index contributed by atoms with van der Waals surface area (Å²) in [5.74, 6) is -1.05. The van der Waals surface area contributed by atoms with Gasteiger partial charge in [0.15, 0.2) is 23.7 Å². The number of ether oxygens (including phenoxy) is 4. The molecule has 2 aromatic rings. The number of thioether (sulfide) groups is 1. The summed E-state index contributed by atoms with van der Waals surface area (Å²) < 4.78 is 29.0. The predicted molar refractivity (Wildman–Crippen MR) is 150 cm³/mol. The van der Waals surface area contributed by atoms with Gasteiger partial charge in [-0.15, -0.1) is 11.8 Å². The average molecular weight is 579 g/mol. The van der Waals surface area contributed by atoms with E-state index in [1.54, 1.807) is 77.0 Å². The number of esters is 3. The van der Waals surface area contributed by atoms with Crippen molar-refractivity contribution < 1.29 is 37.7 Å². The quantitative estimate of drug-likeness (QED) is 0.247. The van der Waals surface area contributed by atoms with Crippen molar-refractivity contribution >= 4 is 40.6 Å². The number of rotatable bonds is 9. The highest BCUT2D eigenvalue weighted by atomic mass is 32.2. The van der Waals surface area contributed by atoms with Gasteiger partial charge in [-0.2, -0.15) is 0 Å². The van der Waals surface area contributed by atoms with Crippen molar-refractivity contribution in [1.29, 1.82) is 0 Å². The van der Waals surface area contributed by atoms with Gasteiger partial charge in [-0.05, 0) is 73.6 Å². The highest BCUT2D eigenvalue weighted by Crippen LogP contribution is 2.36. The molecular formula is C28H38N2O9S. The molecule has 3 rings (SSSR count). The Morgan fingerprint density at radius 1 is 0.950 bits per heavy atom. The van der Waals surface area contributed by atoms with E-state index in [1.807, 2.05) is 6.92 Å². The van der Waals surface area contributed by atoms with Crippen molar-refractivity contribution in [3.8, 4) is 5.75 Å². The maximum absolute atomic E-state index is 12.8. The molecule has 0 bridgehead atoms. The van der Waals surface area contributed by atoms with Crippen LogP contribution in [0.15, 0.2) is 33.5 Å². The normalized spacial score (nSPS) is 21.4. The van der Waals surface area contributed by atoms with Crippen LogP contribution in [0.4, 0.5) is 0 Å². The molecule has 0 spiro atoms. The van der Waals surface area contributed by atoms with E-state index in [-0.39, 0.29) is 18.8 Å². The molecule has 2 heterocycles. The lowest BCUT2D eigenvalue weighted by Gasteiger charge is -2.41. The second kappa shape index (κ2) is 13.0. The van der Waals surface area contributed by atoms with Crippen molar-refractivity contribution in [2.24, 2.45) is 5.41 Å². The van der Waals surface area contributed by atoms with E-state index in [0.29, 0.717) is 11.3 Å². The summed E-state index contributed by atoms with van der Waals surface area (Å²) >= 11 is 1.26. The molecule has 1 aromatic carbocycles. The molecule has 4 atom stereocenters. The standard InChI is InChI=1S/C28H38N2O9S/c1-16-11-21(31)36-19-12-17(9-10-18(16)19)35-26-25(39-23(33)14-30(7)8)24(38-22(32)13-29(5)6)20(15-40-26)37-27(34)28(2,3)4/h9-12,20,24-26H,13-15H2,1-8H3/t20-,24+,25-,26+/m1/s1. The zero-order valence-corrected chi connectivity index (χ0v) is 25.0. The number of fused-ring (bicyclic) bond motifs is 1. The lowest BCUT2D eigenvalue weighted by Crippen LogP contribution is -2.57. The van der Waals surface area contributed by atoms with E-state index in [1.165, 1.54) is 17.8 Å². The molecule has 1 aliphatic heterocycles. The fourth-order valence-electron chi connectivity index (χ4n) is 3.93. The molecule has 0 radical (unpaired) electrons. The second-order valence-corrected chi connectivity index (χ2v) is 12.4. The minimum Gasteiger partial charge on any atom is -0.476 e. The van der Waals surface area contributed by atoms with Crippen LogP contribution in [0.1, 0.15) is 26.3 Å². The molecule has 0 amide bonds. The van der Waals surface area contributed by atoms with E-state index in [0.717, 1.165) is 10.9 Å². The molecule has 1 aromatic heterocycles. The van der Waals surface area contributed by atoms with Crippen LogP contribution in [-0.2, 0) is 28.6 Å². The Labute approximate surface area is 238 Å². The first-order chi connectivity index (χ1) is 18.6. The molecule has 0 saturated carbocycles. The highest BCUT2D eigenvalue weighted by Gasteiger charge is 2.49. The minimum absolute atomic E-state index is 0.0287. The Hall–Kier alpha value is -3.09. The van der Waals surface area contributed by atoms with E-state index in [9.17, 15) is 19.2 Å².